The van der Waals surface area contributed by atoms with E-state index >= 15 is 0 Å². The fraction of sp³-hybridized carbons (Fsp3) is 0.304. The maximum absolute atomic E-state index is 4.65. The van der Waals surface area contributed by atoms with Crippen LogP contribution in [0.3, 0.4) is 0 Å². The third-order valence-electron chi connectivity index (χ3n) is 5.21. The highest BCUT2D eigenvalue weighted by atomic mass is 15.1. The average molecular weight is 358 g/mol. The van der Waals surface area contributed by atoms with Crippen molar-refractivity contribution in [3.63, 3.8) is 0 Å². The minimum Gasteiger partial charge on any atom is -0.378 e. The normalized spacial score (nSPS) is 15.9. The number of aromatic nitrogens is 2. The van der Waals surface area contributed by atoms with Crippen LogP contribution in [0.5, 0.6) is 0 Å². The number of anilines is 2. The van der Waals surface area contributed by atoms with Crippen LogP contribution in [0.15, 0.2) is 54.6 Å². The van der Waals surface area contributed by atoms with Crippen molar-refractivity contribution in [2.75, 3.05) is 24.3 Å². The van der Waals surface area contributed by atoms with Crippen molar-refractivity contribution in [2.24, 2.45) is 0 Å². The molecule has 0 saturated heterocycles. The molecule has 1 aliphatic carbocycles. The number of nitrogens with zero attached hydrogens (tertiary/aromatic N) is 3. The zero-order valence-electron chi connectivity index (χ0n) is 16.2. The molecule has 138 valence electrons. The summed E-state index contributed by atoms with van der Waals surface area (Å²) in [7, 11) is 4.10. The lowest BCUT2D eigenvalue weighted by Gasteiger charge is -2.27. The number of hydrogen-bond acceptors (Lipinski definition) is 4. The minimum absolute atomic E-state index is 0.313. The Morgan fingerprint density at radius 1 is 1.00 bits per heavy atom. The van der Waals surface area contributed by atoms with E-state index < -0.39 is 0 Å². The first-order valence-corrected chi connectivity index (χ1v) is 9.58. The lowest BCUT2D eigenvalue weighted by atomic mass is 9.88. The lowest BCUT2D eigenvalue weighted by molar-refractivity contribution is 0.598. The Morgan fingerprint density at radius 2 is 1.78 bits per heavy atom. The molecule has 3 aromatic rings. The smallest absolute Gasteiger partial charge is 0.130 e. The van der Waals surface area contributed by atoms with Gasteiger partial charge in [0.2, 0.25) is 0 Å². The van der Waals surface area contributed by atoms with Gasteiger partial charge in [0.1, 0.15) is 11.6 Å². The second-order valence-electron chi connectivity index (χ2n) is 7.41. The number of rotatable bonds is 4. The van der Waals surface area contributed by atoms with Crippen molar-refractivity contribution in [3.8, 4) is 11.3 Å². The van der Waals surface area contributed by atoms with Gasteiger partial charge in [0.25, 0.3) is 0 Å². The topological polar surface area (TPSA) is 41.1 Å². The van der Waals surface area contributed by atoms with E-state index in [9.17, 15) is 0 Å². The van der Waals surface area contributed by atoms with Gasteiger partial charge < -0.3 is 10.2 Å². The fourth-order valence-corrected chi connectivity index (χ4v) is 3.80. The van der Waals surface area contributed by atoms with Gasteiger partial charge in [-0.15, -0.1) is 0 Å². The van der Waals surface area contributed by atoms with Crippen LogP contribution in [0.1, 0.15) is 35.8 Å². The third kappa shape index (κ3) is 3.80. The fourth-order valence-electron chi connectivity index (χ4n) is 3.80. The van der Waals surface area contributed by atoms with Gasteiger partial charge >= 0.3 is 0 Å². The van der Waals surface area contributed by atoms with E-state index in [0.717, 1.165) is 29.3 Å². The van der Waals surface area contributed by atoms with Gasteiger partial charge in [0.05, 0.1) is 11.7 Å². The van der Waals surface area contributed by atoms with Crippen molar-refractivity contribution in [2.45, 2.75) is 32.2 Å². The number of fused-ring (bicyclic) bond motifs is 1. The molecule has 1 unspecified atom stereocenters. The Bertz CT molecular complexity index is 931. The van der Waals surface area contributed by atoms with E-state index in [1.54, 1.807) is 0 Å². The van der Waals surface area contributed by atoms with Crippen molar-refractivity contribution in [1.29, 1.82) is 0 Å². The van der Waals surface area contributed by atoms with Gasteiger partial charge in [-0.25, -0.2) is 9.97 Å². The van der Waals surface area contributed by atoms with Crippen LogP contribution in [0.2, 0.25) is 0 Å². The third-order valence-corrected chi connectivity index (χ3v) is 5.21. The van der Waals surface area contributed by atoms with Crippen LogP contribution in [0.25, 0.3) is 11.3 Å². The summed E-state index contributed by atoms with van der Waals surface area (Å²) >= 11 is 0. The predicted octanol–water partition coefficient (Wildman–Crippen LogP) is 5.01. The summed E-state index contributed by atoms with van der Waals surface area (Å²) in [5, 5.41) is 3.66. The summed E-state index contributed by atoms with van der Waals surface area (Å²) in [6.07, 6.45) is 3.51. The average Bonchev–Trinajstić information content (AvgIpc) is 2.68. The summed E-state index contributed by atoms with van der Waals surface area (Å²) in [4.78, 5) is 11.4. The molecular formula is C23H26N4. The molecule has 0 spiro atoms. The first-order valence-electron chi connectivity index (χ1n) is 9.58. The predicted molar refractivity (Wildman–Crippen MR) is 112 cm³/mol. The van der Waals surface area contributed by atoms with Crippen molar-refractivity contribution < 1.29 is 0 Å². The summed E-state index contributed by atoms with van der Waals surface area (Å²) in [6.45, 7) is 1.96. The summed E-state index contributed by atoms with van der Waals surface area (Å²) in [5.74, 6) is 1.69. The molecule has 0 fully saturated rings. The molecule has 1 N–H and O–H groups in total. The first-order chi connectivity index (χ1) is 13.1. The van der Waals surface area contributed by atoms with Crippen LogP contribution in [0.4, 0.5) is 11.5 Å². The number of benzene rings is 2. The lowest BCUT2D eigenvalue weighted by Crippen LogP contribution is -2.18. The molecule has 0 aliphatic heterocycles. The molecule has 4 heteroatoms. The molecule has 1 aromatic heterocycles. The minimum atomic E-state index is 0.313. The van der Waals surface area contributed by atoms with Gasteiger partial charge in [-0.1, -0.05) is 36.4 Å². The zero-order valence-corrected chi connectivity index (χ0v) is 16.2. The quantitative estimate of drug-likeness (QED) is 0.712. The SMILES string of the molecule is Cc1nc(NC2CCCc3ccccc32)cc(-c2ccc(N(C)C)cc2)n1. The van der Waals surface area contributed by atoms with Crippen molar-refractivity contribution in [3.05, 3.63) is 71.5 Å². The zero-order chi connectivity index (χ0) is 18.8. The van der Waals surface area contributed by atoms with Crippen molar-refractivity contribution >= 4 is 11.5 Å². The van der Waals surface area contributed by atoms with Crippen molar-refractivity contribution in [1.82, 2.24) is 9.97 Å². The van der Waals surface area contributed by atoms with Crippen LogP contribution in [0, 0.1) is 6.92 Å². The van der Waals surface area contributed by atoms with Gasteiger partial charge in [-0.3, -0.25) is 0 Å². The summed E-state index contributed by atoms with van der Waals surface area (Å²) < 4.78 is 0. The van der Waals surface area contributed by atoms with Gasteiger partial charge in [-0.05, 0) is 49.4 Å². The molecule has 1 atom stereocenters. The molecule has 1 aliphatic rings. The molecule has 2 aromatic carbocycles. The Morgan fingerprint density at radius 3 is 2.56 bits per heavy atom. The summed E-state index contributed by atoms with van der Waals surface area (Å²) in [6, 6.07) is 19.6. The molecule has 0 bridgehead atoms. The standard InChI is InChI=1S/C23H26N4/c1-16-24-22(18-11-13-19(14-12-18)27(2)3)15-23(25-16)26-21-10-6-8-17-7-4-5-9-20(17)21/h4-5,7,9,11-15,21H,6,8,10H2,1-3H3,(H,24,25,26). The Balaban J connectivity index is 1.62. The maximum Gasteiger partial charge on any atom is 0.130 e. The molecule has 1 heterocycles. The monoisotopic (exact) mass is 358 g/mol. The number of nitrogens with one attached hydrogen (secondary N) is 1. The maximum atomic E-state index is 4.65. The second-order valence-corrected chi connectivity index (χ2v) is 7.41. The van der Waals surface area contributed by atoms with E-state index in [0.29, 0.717) is 6.04 Å². The number of hydrogen-bond donors (Lipinski definition) is 1. The molecule has 0 amide bonds. The van der Waals surface area contributed by atoms with Gasteiger partial charge in [0, 0.05) is 31.4 Å². The Kier molecular flexibility index (Phi) is 4.80. The largest absolute Gasteiger partial charge is 0.378 e. The first kappa shape index (κ1) is 17.5. The van der Waals surface area contributed by atoms with E-state index in [2.05, 4.69) is 74.8 Å². The van der Waals surface area contributed by atoms with E-state index in [1.165, 1.54) is 29.7 Å². The number of aryl methyl sites for hydroxylation is 2. The highest BCUT2D eigenvalue weighted by Crippen LogP contribution is 2.32. The van der Waals surface area contributed by atoms with Crippen LogP contribution >= 0.6 is 0 Å². The van der Waals surface area contributed by atoms with E-state index in [-0.39, 0.29) is 0 Å². The van der Waals surface area contributed by atoms with Gasteiger partial charge in [-0.2, -0.15) is 0 Å². The highest BCUT2D eigenvalue weighted by molar-refractivity contribution is 5.65. The van der Waals surface area contributed by atoms with Gasteiger partial charge in [0.15, 0.2) is 0 Å². The Hall–Kier alpha value is -2.88. The second kappa shape index (κ2) is 7.39. The van der Waals surface area contributed by atoms with E-state index in [1.807, 2.05) is 21.0 Å². The van der Waals surface area contributed by atoms with Crippen LogP contribution in [-0.2, 0) is 6.42 Å². The molecule has 4 nitrogen and oxygen atoms in total. The highest BCUT2D eigenvalue weighted by Gasteiger charge is 2.20. The Labute approximate surface area is 161 Å². The molecule has 4 rings (SSSR count). The van der Waals surface area contributed by atoms with Crippen LogP contribution < -0.4 is 10.2 Å². The molecule has 27 heavy (non-hydrogen) atoms. The molecule has 0 radical (unpaired) electrons. The molecule has 0 saturated carbocycles. The summed E-state index contributed by atoms with van der Waals surface area (Å²) in [5.41, 5.74) is 6.10. The van der Waals surface area contributed by atoms with E-state index in [4.69, 9.17) is 0 Å². The molecular weight excluding hydrogens is 332 g/mol. The van der Waals surface area contributed by atoms with Crippen LogP contribution in [-0.4, -0.2) is 24.1 Å².